The van der Waals surface area contributed by atoms with Crippen molar-refractivity contribution < 1.29 is 13.9 Å². The number of fused-ring (bicyclic) bond motifs is 1. The van der Waals surface area contributed by atoms with Crippen LogP contribution < -0.4 is 0 Å². The van der Waals surface area contributed by atoms with Crippen molar-refractivity contribution in [3.05, 3.63) is 58.5 Å². The number of piperidine rings is 1. The lowest BCUT2D eigenvalue weighted by Gasteiger charge is -2.38. The van der Waals surface area contributed by atoms with Gasteiger partial charge in [0.2, 0.25) is 0 Å². The molecule has 1 aromatic carbocycles. The fourth-order valence-corrected chi connectivity index (χ4v) is 5.88. The Bertz CT molecular complexity index is 913. The van der Waals surface area contributed by atoms with Gasteiger partial charge < -0.3 is 14.1 Å². The molecule has 2 saturated heterocycles. The highest BCUT2D eigenvalue weighted by Gasteiger charge is 2.33. The molecular formula is C27H36N2O3. The summed E-state index contributed by atoms with van der Waals surface area (Å²) in [5.41, 5.74) is 3.98. The molecule has 0 N–H and O–H groups in total. The number of aryl methyl sites for hydroxylation is 2. The molecule has 1 aliphatic carbocycles. The third kappa shape index (κ3) is 4.65. The molecule has 2 aromatic rings. The molecule has 0 spiro atoms. The monoisotopic (exact) mass is 436 g/mol. The predicted octanol–water partition coefficient (Wildman–Crippen LogP) is 4.40. The molecule has 5 rings (SSSR count). The number of hydrogen-bond acceptors (Lipinski definition) is 4. The van der Waals surface area contributed by atoms with E-state index >= 15 is 0 Å². The van der Waals surface area contributed by atoms with Crippen LogP contribution in [0.25, 0.3) is 0 Å². The molecule has 1 atom stereocenters. The van der Waals surface area contributed by atoms with Crippen LogP contribution in [-0.4, -0.2) is 60.6 Å². The predicted molar refractivity (Wildman–Crippen MR) is 125 cm³/mol. The van der Waals surface area contributed by atoms with Crippen molar-refractivity contribution in [2.24, 2.45) is 5.92 Å². The van der Waals surface area contributed by atoms with Crippen LogP contribution in [0.5, 0.6) is 0 Å². The summed E-state index contributed by atoms with van der Waals surface area (Å²) in [5, 5.41) is 0. The fourth-order valence-electron chi connectivity index (χ4n) is 5.88. The van der Waals surface area contributed by atoms with Gasteiger partial charge in [-0.1, -0.05) is 24.3 Å². The van der Waals surface area contributed by atoms with Gasteiger partial charge >= 0.3 is 0 Å². The zero-order valence-corrected chi connectivity index (χ0v) is 19.5. The van der Waals surface area contributed by atoms with Gasteiger partial charge in [-0.25, -0.2) is 0 Å². The van der Waals surface area contributed by atoms with Crippen molar-refractivity contribution in [3.63, 3.8) is 0 Å². The van der Waals surface area contributed by atoms with Gasteiger partial charge in [0.25, 0.3) is 5.91 Å². The van der Waals surface area contributed by atoms with Crippen LogP contribution in [0.15, 0.2) is 34.7 Å². The lowest BCUT2D eigenvalue weighted by molar-refractivity contribution is 0.0407. The van der Waals surface area contributed by atoms with Crippen molar-refractivity contribution in [1.82, 2.24) is 9.80 Å². The second kappa shape index (κ2) is 9.40. The van der Waals surface area contributed by atoms with E-state index in [9.17, 15) is 4.79 Å². The Kier molecular flexibility index (Phi) is 6.38. The molecule has 5 nitrogen and oxygen atoms in total. The molecule has 0 unspecified atom stereocenters. The van der Waals surface area contributed by atoms with Crippen LogP contribution in [0.1, 0.15) is 58.7 Å². The second-order valence-corrected chi connectivity index (χ2v) is 10.0. The maximum Gasteiger partial charge on any atom is 0.289 e. The molecule has 2 fully saturated rings. The molecular weight excluding hydrogens is 400 g/mol. The zero-order valence-electron chi connectivity index (χ0n) is 19.5. The molecule has 0 saturated carbocycles. The van der Waals surface area contributed by atoms with Crippen molar-refractivity contribution in [3.8, 4) is 0 Å². The highest BCUT2D eigenvalue weighted by atomic mass is 16.5. The summed E-state index contributed by atoms with van der Waals surface area (Å²) in [5.74, 6) is 1.87. The molecule has 3 heterocycles. The number of carbonyl (C=O) groups excluding carboxylic acids is 1. The normalized spacial score (nSPS) is 22.4. The third-order valence-corrected chi connectivity index (χ3v) is 7.64. The van der Waals surface area contributed by atoms with Gasteiger partial charge in [0.1, 0.15) is 5.76 Å². The SMILES string of the molecule is Cc1cc(C)c(C(=O)N(CC2CCN(C3Cc4ccccc4C3)CC2)C[C@H]2CCCO2)o1. The quantitative estimate of drug-likeness (QED) is 0.674. The van der Waals surface area contributed by atoms with Gasteiger partial charge in [-0.3, -0.25) is 9.69 Å². The first kappa shape index (κ1) is 21.7. The smallest absolute Gasteiger partial charge is 0.289 e. The van der Waals surface area contributed by atoms with E-state index in [1.54, 1.807) is 0 Å². The summed E-state index contributed by atoms with van der Waals surface area (Å²) in [4.78, 5) is 18.1. The van der Waals surface area contributed by atoms with Gasteiger partial charge in [0.05, 0.1) is 6.10 Å². The lowest BCUT2D eigenvalue weighted by Crippen LogP contribution is -2.46. The first-order chi connectivity index (χ1) is 15.6. The van der Waals surface area contributed by atoms with Gasteiger partial charge in [0.15, 0.2) is 5.76 Å². The summed E-state index contributed by atoms with van der Waals surface area (Å²) in [6.45, 7) is 8.42. The van der Waals surface area contributed by atoms with Crippen molar-refractivity contribution in [2.45, 2.75) is 64.5 Å². The molecule has 1 aromatic heterocycles. The van der Waals surface area contributed by atoms with Gasteiger partial charge in [-0.05, 0) is 88.6 Å². The summed E-state index contributed by atoms with van der Waals surface area (Å²) in [6.07, 6.45) is 6.96. The van der Waals surface area contributed by atoms with E-state index in [2.05, 4.69) is 29.2 Å². The molecule has 172 valence electrons. The van der Waals surface area contributed by atoms with Crippen molar-refractivity contribution in [1.29, 1.82) is 0 Å². The highest BCUT2D eigenvalue weighted by Crippen LogP contribution is 2.29. The van der Waals surface area contributed by atoms with Crippen molar-refractivity contribution in [2.75, 3.05) is 32.8 Å². The Hall–Kier alpha value is -2.11. The highest BCUT2D eigenvalue weighted by molar-refractivity contribution is 5.93. The first-order valence-electron chi connectivity index (χ1n) is 12.4. The van der Waals surface area contributed by atoms with Crippen molar-refractivity contribution >= 4 is 5.91 Å². The number of carbonyl (C=O) groups is 1. The number of nitrogens with zero attached hydrogens (tertiary/aromatic N) is 2. The van der Waals surface area contributed by atoms with Crippen LogP contribution in [-0.2, 0) is 17.6 Å². The van der Waals surface area contributed by atoms with E-state index in [4.69, 9.17) is 9.15 Å². The average Bonchev–Trinajstić information content (AvgIpc) is 3.53. The third-order valence-electron chi connectivity index (χ3n) is 7.64. The minimum atomic E-state index is 0.0276. The van der Waals surface area contributed by atoms with Crippen LogP contribution in [0, 0.1) is 19.8 Å². The zero-order chi connectivity index (χ0) is 22.1. The number of benzene rings is 1. The summed E-state index contributed by atoms with van der Waals surface area (Å²) in [7, 11) is 0. The Balaban J connectivity index is 1.20. The summed E-state index contributed by atoms with van der Waals surface area (Å²) < 4.78 is 11.7. The number of furan rings is 1. The Morgan fingerprint density at radius 2 is 1.78 bits per heavy atom. The summed E-state index contributed by atoms with van der Waals surface area (Å²) >= 11 is 0. The molecule has 5 heteroatoms. The summed E-state index contributed by atoms with van der Waals surface area (Å²) in [6, 6.07) is 11.5. The number of ether oxygens (including phenoxy) is 1. The van der Waals surface area contributed by atoms with Crippen LogP contribution in [0.4, 0.5) is 0 Å². The molecule has 2 aliphatic heterocycles. The molecule has 0 radical (unpaired) electrons. The number of likely N-dealkylation sites (tertiary alicyclic amines) is 1. The van der Waals surface area contributed by atoms with E-state index in [0.29, 0.717) is 24.3 Å². The molecule has 32 heavy (non-hydrogen) atoms. The van der Waals surface area contributed by atoms with Gasteiger partial charge in [-0.2, -0.15) is 0 Å². The minimum Gasteiger partial charge on any atom is -0.456 e. The topological polar surface area (TPSA) is 45.9 Å². The Morgan fingerprint density at radius 3 is 2.38 bits per heavy atom. The molecule has 1 amide bonds. The minimum absolute atomic E-state index is 0.0276. The van der Waals surface area contributed by atoms with Crippen LogP contribution in [0.3, 0.4) is 0 Å². The van der Waals surface area contributed by atoms with E-state index in [1.807, 2.05) is 24.8 Å². The number of hydrogen-bond donors (Lipinski definition) is 0. The number of amides is 1. The Morgan fingerprint density at radius 1 is 1.06 bits per heavy atom. The van der Waals surface area contributed by atoms with Gasteiger partial charge in [-0.15, -0.1) is 0 Å². The van der Waals surface area contributed by atoms with Crippen LogP contribution >= 0.6 is 0 Å². The van der Waals surface area contributed by atoms with Gasteiger partial charge in [0, 0.05) is 31.3 Å². The largest absolute Gasteiger partial charge is 0.456 e. The average molecular weight is 437 g/mol. The Labute approximate surface area is 191 Å². The fraction of sp³-hybridized carbons (Fsp3) is 0.593. The maximum absolute atomic E-state index is 13.4. The van der Waals surface area contributed by atoms with E-state index in [1.165, 1.54) is 24.0 Å². The first-order valence-corrected chi connectivity index (χ1v) is 12.4. The molecule has 3 aliphatic rings. The van der Waals surface area contributed by atoms with E-state index in [-0.39, 0.29) is 12.0 Å². The lowest BCUT2D eigenvalue weighted by atomic mass is 9.94. The van der Waals surface area contributed by atoms with E-state index < -0.39 is 0 Å². The standard InChI is InChI=1S/C27H36N2O3/c1-19-14-20(2)32-26(19)27(30)29(18-25-8-5-13-31-25)17-21-9-11-28(12-10-21)24-15-22-6-3-4-7-23(22)16-24/h3-4,6-7,14,21,24-25H,5,8-13,15-18H2,1-2H3/t25-/m1/s1. The molecule has 0 bridgehead atoms. The maximum atomic E-state index is 13.4. The van der Waals surface area contributed by atoms with E-state index in [0.717, 1.165) is 63.2 Å². The van der Waals surface area contributed by atoms with Crippen LogP contribution in [0.2, 0.25) is 0 Å². The second-order valence-electron chi connectivity index (χ2n) is 10.0. The number of rotatable bonds is 6.